The van der Waals surface area contributed by atoms with Crippen molar-refractivity contribution in [3.05, 3.63) is 15.0 Å². The molecule has 106 valence electrons. The zero-order valence-electron chi connectivity index (χ0n) is 11.1. The van der Waals surface area contributed by atoms with Crippen LogP contribution in [-0.2, 0) is 15.1 Å². The number of hydrogen-bond acceptors (Lipinski definition) is 5. The van der Waals surface area contributed by atoms with Crippen LogP contribution in [-0.4, -0.2) is 23.2 Å². The Morgan fingerprint density at radius 3 is 2.63 bits per heavy atom. The highest BCUT2D eigenvalue weighted by molar-refractivity contribution is 9.11. The van der Waals surface area contributed by atoms with Gasteiger partial charge in [-0.2, -0.15) is 0 Å². The molecule has 1 N–H and O–H groups in total. The molecule has 19 heavy (non-hydrogen) atoms. The van der Waals surface area contributed by atoms with Crippen molar-refractivity contribution in [1.82, 2.24) is 4.98 Å². The summed E-state index contributed by atoms with van der Waals surface area (Å²) in [6.07, 6.45) is 4.92. The van der Waals surface area contributed by atoms with Crippen LogP contribution in [0.4, 0.5) is 0 Å². The zero-order chi connectivity index (χ0) is 14.0. The quantitative estimate of drug-likeness (QED) is 0.853. The van der Waals surface area contributed by atoms with Gasteiger partial charge in [0.1, 0.15) is 10.6 Å². The van der Waals surface area contributed by atoms with E-state index in [1.807, 2.05) is 6.92 Å². The number of nitrogens with zero attached hydrogens (tertiary/aromatic N) is 1. The predicted molar refractivity (Wildman–Crippen MR) is 76.8 cm³/mol. The zero-order valence-corrected chi connectivity index (χ0v) is 13.5. The molecule has 0 saturated heterocycles. The van der Waals surface area contributed by atoms with E-state index >= 15 is 0 Å². The Morgan fingerprint density at radius 1 is 1.53 bits per heavy atom. The number of hydrogen-bond donors (Lipinski definition) is 1. The molecule has 1 saturated carbocycles. The van der Waals surface area contributed by atoms with Crippen LogP contribution in [0.15, 0.2) is 9.98 Å². The second kappa shape index (κ2) is 5.89. The lowest BCUT2D eigenvalue weighted by Crippen LogP contribution is -2.36. The average Bonchev–Trinajstić information content (AvgIpc) is 2.85. The number of halogens is 1. The van der Waals surface area contributed by atoms with Crippen molar-refractivity contribution in [3.8, 4) is 0 Å². The lowest BCUT2D eigenvalue weighted by molar-refractivity contribution is -0.147. The third-order valence-corrected chi connectivity index (χ3v) is 5.67. The highest BCUT2D eigenvalue weighted by Gasteiger charge is 2.40. The van der Waals surface area contributed by atoms with Gasteiger partial charge in [-0.25, -0.2) is 4.98 Å². The molecule has 0 bridgehead atoms. The molecule has 6 heteroatoms. The van der Waals surface area contributed by atoms with Gasteiger partial charge in [-0.15, -0.1) is 11.3 Å². The molecule has 2 rings (SSSR count). The first kappa shape index (κ1) is 14.9. The Bertz CT molecular complexity index is 452. The van der Waals surface area contributed by atoms with E-state index in [0.29, 0.717) is 0 Å². The van der Waals surface area contributed by atoms with Crippen LogP contribution in [0.1, 0.15) is 37.6 Å². The molecule has 0 amide bonds. The minimum Gasteiger partial charge on any atom is -0.469 e. The number of carbonyl (C=O) groups excluding carboxylic acids is 1. The van der Waals surface area contributed by atoms with E-state index in [4.69, 9.17) is 4.74 Å². The van der Waals surface area contributed by atoms with Crippen molar-refractivity contribution in [2.45, 2.75) is 38.2 Å². The van der Waals surface area contributed by atoms with Gasteiger partial charge in [-0.05, 0) is 54.5 Å². The normalized spacial score (nSPS) is 26.7. The largest absolute Gasteiger partial charge is 0.469 e. The number of methoxy groups -OCH3 is 1. The lowest BCUT2D eigenvalue weighted by atomic mass is 9.74. The Kier molecular flexibility index (Phi) is 4.63. The van der Waals surface area contributed by atoms with Gasteiger partial charge < -0.3 is 9.84 Å². The molecule has 1 heterocycles. The molecule has 1 aromatic heterocycles. The Hall–Kier alpha value is -0.460. The third kappa shape index (κ3) is 3.17. The summed E-state index contributed by atoms with van der Waals surface area (Å²) in [5.41, 5.74) is -0.919. The molecule has 1 aromatic rings. The van der Waals surface area contributed by atoms with Crippen molar-refractivity contribution < 1.29 is 14.6 Å². The summed E-state index contributed by atoms with van der Waals surface area (Å²) in [6.45, 7) is 1.82. The van der Waals surface area contributed by atoms with Crippen LogP contribution >= 0.6 is 27.3 Å². The molecule has 0 aliphatic heterocycles. The molecule has 1 aliphatic carbocycles. The summed E-state index contributed by atoms with van der Waals surface area (Å²) in [5.74, 6) is 0.00150. The molecular formula is C13H18BrNO3S. The fraction of sp³-hybridized carbons (Fsp3) is 0.692. The minimum atomic E-state index is -0.919. The number of rotatable bonds is 3. The van der Waals surface area contributed by atoms with Crippen molar-refractivity contribution >= 4 is 33.2 Å². The Labute approximate surface area is 125 Å². The van der Waals surface area contributed by atoms with E-state index in [1.165, 1.54) is 18.4 Å². The second-order valence-electron chi connectivity index (χ2n) is 5.19. The van der Waals surface area contributed by atoms with Crippen molar-refractivity contribution in [2.75, 3.05) is 7.11 Å². The van der Waals surface area contributed by atoms with Crippen LogP contribution in [0, 0.1) is 11.8 Å². The number of carbonyl (C=O) groups is 1. The van der Waals surface area contributed by atoms with E-state index in [1.54, 1.807) is 6.20 Å². The molecule has 1 unspecified atom stereocenters. The third-order valence-electron chi connectivity index (χ3n) is 3.97. The molecule has 0 aromatic carbocycles. The monoisotopic (exact) mass is 347 g/mol. The first-order valence-corrected chi connectivity index (χ1v) is 7.98. The van der Waals surface area contributed by atoms with E-state index in [-0.39, 0.29) is 17.8 Å². The van der Waals surface area contributed by atoms with Crippen LogP contribution in [0.5, 0.6) is 0 Å². The SMILES string of the molecule is COC(=O)C1CCC(C(C)(O)c2ncc(Br)s2)CC1. The number of aliphatic hydroxyl groups is 1. The van der Waals surface area contributed by atoms with Crippen LogP contribution in [0.3, 0.4) is 0 Å². The second-order valence-corrected chi connectivity index (χ2v) is 7.60. The van der Waals surface area contributed by atoms with Crippen LogP contribution < -0.4 is 0 Å². The van der Waals surface area contributed by atoms with Gasteiger partial charge in [0.05, 0.1) is 23.0 Å². The minimum absolute atomic E-state index is 0.0138. The molecule has 1 fully saturated rings. The highest BCUT2D eigenvalue weighted by atomic mass is 79.9. The van der Waals surface area contributed by atoms with E-state index < -0.39 is 5.60 Å². The van der Waals surface area contributed by atoms with Gasteiger partial charge in [0, 0.05) is 0 Å². The maximum absolute atomic E-state index is 11.5. The topological polar surface area (TPSA) is 59.4 Å². The first-order chi connectivity index (χ1) is 8.95. The molecule has 4 nitrogen and oxygen atoms in total. The number of esters is 1. The average molecular weight is 348 g/mol. The molecule has 0 spiro atoms. The standard InChI is InChI=1S/C13H18BrNO3S/c1-13(17,12-15-7-10(14)19-12)9-5-3-8(4-6-9)11(16)18-2/h7-9,17H,3-6H2,1-2H3. The van der Waals surface area contributed by atoms with Crippen molar-refractivity contribution in [1.29, 1.82) is 0 Å². The number of thiazole rings is 1. The molecular weight excluding hydrogens is 330 g/mol. The summed E-state index contributed by atoms with van der Waals surface area (Å²) in [5, 5.41) is 11.5. The fourth-order valence-electron chi connectivity index (χ4n) is 2.72. The number of aromatic nitrogens is 1. The smallest absolute Gasteiger partial charge is 0.308 e. The van der Waals surface area contributed by atoms with Gasteiger partial charge >= 0.3 is 5.97 Å². The summed E-state index contributed by atoms with van der Waals surface area (Å²) in [4.78, 5) is 15.8. The lowest BCUT2D eigenvalue weighted by Gasteiger charge is -2.36. The van der Waals surface area contributed by atoms with Gasteiger partial charge in [-0.1, -0.05) is 0 Å². The summed E-state index contributed by atoms with van der Waals surface area (Å²) in [6, 6.07) is 0. The van der Waals surface area contributed by atoms with Crippen molar-refractivity contribution in [2.24, 2.45) is 11.8 Å². The first-order valence-electron chi connectivity index (χ1n) is 6.37. The Balaban J connectivity index is 2.02. The van der Waals surface area contributed by atoms with Gasteiger partial charge in [0.2, 0.25) is 0 Å². The Morgan fingerprint density at radius 2 is 2.16 bits per heavy atom. The maximum Gasteiger partial charge on any atom is 0.308 e. The summed E-state index contributed by atoms with van der Waals surface area (Å²) in [7, 11) is 1.43. The fourth-order valence-corrected chi connectivity index (χ4v) is 4.05. The summed E-state index contributed by atoms with van der Waals surface area (Å²) >= 11 is 4.83. The van der Waals surface area contributed by atoms with Crippen molar-refractivity contribution in [3.63, 3.8) is 0 Å². The van der Waals surface area contributed by atoms with Gasteiger partial charge in [-0.3, -0.25) is 4.79 Å². The molecule has 1 aliphatic rings. The van der Waals surface area contributed by atoms with Crippen LogP contribution in [0.25, 0.3) is 0 Å². The maximum atomic E-state index is 11.5. The molecule has 1 atom stereocenters. The van der Waals surface area contributed by atoms with Gasteiger partial charge in [0.25, 0.3) is 0 Å². The van der Waals surface area contributed by atoms with E-state index in [0.717, 1.165) is 34.5 Å². The van der Waals surface area contributed by atoms with Gasteiger partial charge in [0.15, 0.2) is 0 Å². The molecule has 0 radical (unpaired) electrons. The van der Waals surface area contributed by atoms with E-state index in [9.17, 15) is 9.90 Å². The van der Waals surface area contributed by atoms with Crippen LogP contribution in [0.2, 0.25) is 0 Å². The number of ether oxygens (including phenoxy) is 1. The predicted octanol–water partition coefficient (Wildman–Crippen LogP) is 3.09. The highest BCUT2D eigenvalue weighted by Crippen LogP contribution is 2.42. The van der Waals surface area contributed by atoms with E-state index in [2.05, 4.69) is 20.9 Å². The summed E-state index contributed by atoms with van der Waals surface area (Å²) < 4.78 is 5.70.